The highest BCUT2D eigenvalue weighted by molar-refractivity contribution is 9.10. The molecule has 0 aromatic heterocycles. The molecule has 0 fully saturated rings. The van der Waals surface area contributed by atoms with Gasteiger partial charge in [0.2, 0.25) is 0 Å². The van der Waals surface area contributed by atoms with E-state index in [0.717, 1.165) is 13.1 Å². The predicted octanol–water partition coefficient (Wildman–Crippen LogP) is 4.65. The average Bonchev–Trinajstić information content (AvgIpc) is 2.74. The van der Waals surface area contributed by atoms with Crippen LogP contribution in [0.2, 0.25) is 0 Å². The highest BCUT2D eigenvalue weighted by Gasteiger charge is 2.27. The molecule has 162 valence electrons. The highest BCUT2D eigenvalue weighted by Crippen LogP contribution is 2.26. The Hall–Kier alpha value is -2.75. The lowest BCUT2D eigenvalue weighted by Gasteiger charge is -2.27. The molecule has 0 aliphatic heterocycles. The van der Waals surface area contributed by atoms with Crippen LogP contribution in [0.4, 0.5) is 15.8 Å². The predicted molar refractivity (Wildman–Crippen MR) is 124 cm³/mol. The van der Waals surface area contributed by atoms with E-state index in [2.05, 4.69) is 21.2 Å². The molecule has 3 aromatic carbocycles. The van der Waals surface area contributed by atoms with Gasteiger partial charge in [-0.2, -0.15) is 12.7 Å². The normalized spacial score (nSPS) is 11.4. The molecule has 0 aliphatic rings. The molecule has 0 radical (unpaired) electrons. The lowest BCUT2D eigenvalue weighted by molar-refractivity contribution is 0.102. The maximum atomic E-state index is 14.4. The van der Waals surface area contributed by atoms with Crippen LogP contribution < -0.4 is 9.62 Å². The second-order valence-electron chi connectivity index (χ2n) is 6.88. The molecule has 0 unspecified atom stereocenters. The molecule has 9 heteroatoms. The minimum Gasteiger partial charge on any atom is -0.321 e. The van der Waals surface area contributed by atoms with Gasteiger partial charge in [-0.05, 0) is 57.9 Å². The van der Waals surface area contributed by atoms with Crippen LogP contribution in [0.25, 0.3) is 0 Å². The Morgan fingerprint density at radius 1 is 0.968 bits per heavy atom. The summed E-state index contributed by atoms with van der Waals surface area (Å²) in [6, 6.07) is 19.4. The number of para-hydroxylation sites is 2. The number of carbonyl (C=O) groups is 1. The highest BCUT2D eigenvalue weighted by atomic mass is 79.9. The van der Waals surface area contributed by atoms with Gasteiger partial charge in [0.1, 0.15) is 5.82 Å². The largest absolute Gasteiger partial charge is 0.321 e. The first kappa shape index (κ1) is 22.9. The Balaban J connectivity index is 1.84. The summed E-state index contributed by atoms with van der Waals surface area (Å²) in [5.74, 6) is -0.942. The van der Waals surface area contributed by atoms with E-state index in [9.17, 15) is 17.6 Å². The fourth-order valence-corrected chi connectivity index (χ4v) is 4.31. The molecule has 0 atom stereocenters. The zero-order valence-electron chi connectivity index (χ0n) is 16.9. The smallest absolute Gasteiger partial charge is 0.303 e. The number of carbonyl (C=O) groups excluding carboxylic acids is 1. The van der Waals surface area contributed by atoms with Gasteiger partial charge < -0.3 is 5.32 Å². The molecule has 0 aliphatic carbocycles. The summed E-state index contributed by atoms with van der Waals surface area (Å²) in [7, 11) is -1.17. The fraction of sp³-hybridized carbons (Fsp3) is 0.136. The lowest BCUT2D eigenvalue weighted by atomic mass is 10.1. The molecule has 0 saturated heterocycles. The average molecular weight is 506 g/mol. The zero-order valence-corrected chi connectivity index (χ0v) is 19.3. The summed E-state index contributed by atoms with van der Waals surface area (Å²) in [6.07, 6.45) is 0. The number of anilines is 2. The molecule has 1 N–H and O–H groups in total. The van der Waals surface area contributed by atoms with Gasteiger partial charge >= 0.3 is 10.2 Å². The van der Waals surface area contributed by atoms with Crippen molar-refractivity contribution in [2.75, 3.05) is 23.7 Å². The second-order valence-corrected chi connectivity index (χ2v) is 9.80. The first-order valence-electron chi connectivity index (χ1n) is 9.29. The van der Waals surface area contributed by atoms with Gasteiger partial charge in [-0.1, -0.05) is 36.4 Å². The number of amides is 1. The van der Waals surface area contributed by atoms with Crippen molar-refractivity contribution in [2.24, 2.45) is 0 Å². The number of rotatable bonds is 7. The second kappa shape index (κ2) is 9.59. The molecule has 0 spiro atoms. The number of nitrogens with one attached hydrogen (secondary N) is 1. The molecular weight excluding hydrogens is 485 g/mol. The van der Waals surface area contributed by atoms with Crippen LogP contribution in [0, 0.1) is 5.82 Å². The van der Waals surface area contributed by atoms with Gasteiger partial charge in [-0.15, -0.1) is 0 Å². The van der Waals surface area contributed by atoms with E-state index in [1.807, 2.05) is 18.2 Å². The SMILES string of the molecule is CN(C)S(=O)(=O)N(Cc1ccc(C(=O)Nc2ccccc2Br)cc1)c1ccccc1F. The third-order valence-electron chi connectivity index (χ3n) is 4.53. The fourth-order valence-electron chi connectivity index (χ4n) is 2.83. The maximum Gasteiger partial charge on any atom is 0.303 e. The van der Waals surface area contributed by atoms with Gasteiger partial charge in [0.15, 0.2) is 0 Å². The summed E-state index contributed by atoms with van der Waals surface area (Å²) in [5.41, 5.74) is 1.60. The molecule has 0 heterocycles. The van der Waals surface area contributed by atoms with Crippen molar-refractivity contribution in [3.05, 3.63) is 94.2 Å². The number of hydrogen-bond acceptors (Lipinski definition) is 3. The van der Waals surface area contributed by atoms with Crippen molar-refractivity contribution in [1.29, 1.82) is 0 Å². The van der Waals surface area contributed by atoms with Gasteiger partial charge in [0, 0.05) is 24.1 Å². The number of halogens is 2. The Kier molecular flexibility index (Phi) is 7.09. The van der Waals surface area contributed by atoms with Crippen molar-refractivity contribution in [3.63, 3.8) is 0 Å². The maximum absolute atomic E-state index is 14.4. The molecule has 3 aromatic rings. The lowest BCUT2D eigenvalue weighted by Crippen LogP contribution is -2.40. The zero-order chi connectivity index (χ0) is 22.6. The Labute approximate surface area is 189 Å². The Bertz CT molecular complexity index is 1180. The molecule has 0 saturated carbocycles. The molecule has 0 bridgehead atoms. The minimum absolute atomic E-state index is 0.0491. The Morgan fingerprint density at radius 3 is 2.19 bits per heavy atom. The van der Waals surface area contributed by atoms with Crippen molar-refractivity contribution >= 4 is 43.4 Å². The first-order valence-corrected chi connectivity index (χ1v) is 11.5. The van der Waals surface area contributed by atoms with E-state index in [0.29, 0.717) is 16.8 Å². The van der Waals surface area contributed by atoms with Gasteiger partial charge in [-0.25, -0.2) is 4.39 Å². The van der Waals surface area contributed by atoms with Crippen LogP contribution in [0.1, 0.15) is 15.9 Å². The molecule has 6 nitrogen and oxygen atoms in total. The third-order valence-corrected chi connectivity index (χ3v) is 7.02. The van der Waals surface area contributed by atoms with E-state index in [1.165, 1.54) is 32.3 Å². The summed E-state index contributed by atoms with van der Waals surface area (Å²) < 4.78 is 42.8. The monoisotopic (exact) mass is 505 g/mol. The molecule has 1 amide bonds. The van der Waals surface area contributed by atoms with Gasteiger partial charge in [0.25, 0.3) is 5.91 Å². The first-order chi connectivity index (χ1) is 14.7. The summed E-state index contributed by atoms with van der Waals surface area (Å²) in [6.45, 7) is -0.0897. The van der Waals surface area contributed by atoms with Crippen molar-refractivity contribution in [3.8, 4) is 0 Å². The summed E-state index contributed by atoms with van der Waals surface area (Å²) in [5, 5.41) is 2.81. The van der Waals surface area contributed by atoms with Gasteiger partial charge in [0.05, 0.1) is 17.9 Å². The van der Waals surface area contributed by atoms with Crippen LogP contribution >= 0.6 is 15.9 Å². The number of nitrogens with zero attached hydrogens (tertiary/aromatic N) is 2. The molecule has 3 rings (SSSR count). The van der Waals surface area contributed by atoms with E-state index >= 15 is 0 Å². The van der Waals surface area contributed by atoms with E-state index in [4.69, 9.17) is 0 Å². The molecular formula is C22H21BrFN3O3S. The van der Waals surface area contributed by atoms with Crippen LogP contribution in [0.3, 0.4) is 0 Å². The number of benzene rings is 3. The molecule has 31 heavy (non-hydrogen) atoms. The topological polar surface area (TPSA) is 69.7 Å². The summed E-state index contributed by atoms with van der Waals surface area (Å²) in [4.78, 5) is 12.5. The summed E-state index contributed by atoms with van der Waals surface area (Å²) >= 11 is 3.38. The third kappa shape index (κ3) is 5.30. The van der Waals surface area contributed by atoms with E-state index in [1.54, 1.807) is 36.4 Å². The van der Waals surface area contributed by atoms with Gasteiger partial charge in [-0.3, -0.25) is 9.10 Å². The van der Waals surface area contributed by atoms with Crippen LogP contribution in [-0.2, 0) is 16.8 Å². The Morgan fingerprint density at radius 2 is 1.58 bits per heavy atom. The van der Waals surface area contributed by atoms with Crippen molar-refractivity contribution in [2.45, 2.75) is 6.54 Å². The number of hydrogen-bond donors (Lipinski definition) is 1. The van der Waals surface area contributed by atoms with Crippen LogP contribution in [0.15, 0.2) is 77.3 Å². The van der Waals surface area contributed by atoms with Crippen molar-refractivity contribution in [1.82, 2.24) is 4.31 Å². The standard InChI is InChI=1S/C22H21BrFN3O3S/c1-26(2)31(29,30)27(21-10-6-4-8-19(21)24)15-16-11-13-17(14-12-16)22(28)25-20-9-5-3-7-18(20)23/h3-14H,15H2,1-2H3,(H,25,28). The van der Waals surface area contributed by atoms with Crippen LogP contribution in [0.5, 0.6) is 0 Å². The van der Waals surface area contributed by atoms with Crippen LogP contribution in [-0.4, -0.2) is 32.7 Å². The quantitative estimate of drug-likeness (QED) is 0.507. The van der Waals surface area contributed by atoms with E-state index < -0.39 is 16.0 Å². The minimum atomic E-state index is -3.94. The van der Waals surface area contributed by atoms with Crippen molar-refractivity contribution < 1.29 is 17.6 Å². The van der Waals surface area contributed by atoms with E-state index in [-0.39, 0.29) is 18.1 Å².